The number of fused-ring (bicyclic) bond motifs is 1. The van der Waals surface area contributed by atoms with Crippen LogP contribution in [-0.4, -0.2) is 39.2 Å². The van der Waals surface area contributed by atoms with Crippen LogP contribution in [0, 0.1) is 0 Å². The van der Waals surface area contributed by atoms with Gasteiger partial charge in [0.2, 0.25) is 0 Å². The van der Waals surface area contributed by atoms with E-state index in [1.165, 1.54) is 25.3 Å². The van der Waals surface area contributed by atoms with E-state index in [9.17, 15) is 18.0 Å². The fourth-order valence-electron chi connectivity index (χ4n) is 3.85. The summed E-state index contributed by atoms with van der Waals surface area (Å²) in [6.45, 7) is 2.60. The Morgan fingerprint density at radius 2 is 1.90 bits per heavy atom. The molecule has 8 heteroatoms. The third-order valence-electron chi connectivity index (χ3n) is 5.32. The number of methoxy groups -OCH3 is 1. The highest BCUT2D eigenvalue weighted by molar-refractivity contribution is 6.30. The van der Waals surface area contributed by atoms with Gasteiger partial charge in [0.05, 0.1) is 31.6 Å². The summed E-state index contributed by atoms with van der Waals surface area (Å²) in [7, 11) is 1.53. The number of anilines is 1. The molecule has 1 heterocycles. The van der Waals surface area contributed by atoms with Gasteiger partial charge in [0.1, 0.15) is 5.75 Å². The zero-order valence-electron chi connectivity index (χ0n) is 16.2. The van der Waals surface area contributed by atoms with E-state index in [0.29, 0.717) is 43.2 Å². The number of nitrogens with zero attached hydrogens (tertiary/aromatic N) is 1. The second kappa shape index (κ2) is 7.96. The summed E-state index contributed by atoms with van der Waals surface area (Å²) in [6, 6.07) is 7.12. The Balaban J connectivity index is 1.72. The molecule has 158 valence electrons. The van der Waals surface area contributed by atoms with E-state index in [4.69, 9.17) is 21.1 Å². The normalized spacial score (nSPS) is 18.1. The van der Waals surface area contributed by atoms with Crippen LogP contribution >= 0.6 is 11.6 Å². The quantitative estimate of drug-likeness (QED) is 0.632. The lowest BCUT2D eigenvalue weighted by atomic mass is 10.0. The predicted octanol–water partition coefficient (Wildman–Crippen LogP) is 5.03. The highest BCUT2D eigenvalue weighted by atomic mass is 35.5. The number of carbonyl (C=O) groups excluding carboxylic acids is 1. The topological polar surface area (TPSA) is 38.8 Å². The second-order valence-corrected chi connectivity index (χ2v) is 7.62. The van der Waals surface area contributed by atoms with Gasteiger partial charge in [-0.1, -0.05) is 17.7 Å². The largest absolute Gasteiger partial charge is 0.495 e. The Morgan fingerprint density at radius 3 is 2.57 bits per heavy atom. The summed E-state index contributed by atoms with van der Waals surface area (Å²) in [5.74, 6) is 0.271. The molecule has 0 saturated carbocycles. The number of alkyl halides is 3. The maximum Gasteiger partial charge on any atom is 0.417 e. The number of hydrogen-bond donors (Lipinski definition) is 0. The monoisotopic (exact) mass is 437 g/mol. The van der Waals surface area contributed by atoms with Crippen LogP contribution in [0.4, 0.5) is 18.9 Å². The van der Waals surface area contributed by atoms with E-state index in [1.807, 2.05) is 6.07 Å². The van der Waals surface area contributed by atoms with Gasteiger partial charge in [0.15, 0.2) is 5.78 Å². The van der Waals surface area contributed by atoms with Crippen molar-refractivity contribution in [2.45, 2.75) is 12.6 Å². The summed E-state index contributed by atoms with van der Waals surface area (Å²) in [5.41, 5.74) is 1.45. The Kier molecular flexibility index (Phi) is 5.51. The van der Waals surface area contributed by atoms with Gasteiger partial charge in [-0.05, 0) is 41.5 Å². The van der Waals surface area contributed by atoms with E-state index in [-0.39, 0.29) is 22.8 Å². The molecule has 1 aliphatic carbocycles. The van der Waals surface area contributed by atoms with Gasteiger partial charge in [0, 0.05) is 35.7 Å². The Bertz CT molecular complexity index is 1030. The molecule has 2 aliphatic rings. The molecule has 4 nitrogen and oxygen atoms in total. The first-order chi connectivity index (χ1) is 14.3. The van der Waals surface area contributed by atoms with Crippen molar-refractivity contribution < 1.29 is 27.4 Å². The third kappa shape index (κ3) is 3.91. The van der Waals surface area contributed by atoms with Crippen molar-refractivity contribution in [3.05, 3.63) is 63.2 Å². The van der Waals surface area contributed by atoms with Crippen molar-refractivity contribution in [3.8, 4) is 5.75 Å². The summed E-state index contributed by atoms with van der Waals surface area (Å²) < 4.78 is 51.1. The third-order valence-corrected chi connectivity index (χ3v) is 5.56. The van der Waals surface area contributed by atoms with Crippen LogP contribution in [0.2, 0.25) is 5.02 Å². The zero-order valence-corrected chi connectivity index (χ0v) is 16.9. The van der Waals surface area contributed by atoms with Gasteiger partial charge in [0.25, 0.3) is 0 Å². The van der Waals surface area contributed by atoms with Crippen molar-refractivity contribution in [1.82, 2.24) is 0 Å². The van der Waals surface area contributed by atoms with Crippen LogP contribution in [0.5, 0.6) is 5.75 Å². The molecular formula is C22H19ClF3NO3. The van der Waals surface area contributed by atoms with Crippen LogP contribution in [0.25, 0.3) is 6.08 Å². The molecule has 0 spiro atoms. The molecule has 0 N–H and O–H groups in total. The number of benzene rings is 2. The van der Waals surface area contributed by atoms with Crippen LogP contribution in [0.1, 0.15) is 27.0 Å². The molecule has 0 unspecified atom stereocenters. The van der Waals surface area contributed by atoms with Gasteiger partial charge in [-0.15, -0.1) is 0 Å². The van der Waals surface area contributed by atoms with E-state index >= 15 is 0 Å². The maximum atomic E-state index is 13.4. The SMILES string of the molecule is COc1cc2c(cc1N1CCOCC1)C/C(=C\c1ccc(Cl)cc1C(F)(F)F)C2=O. The maximum absolute atomic E-state index is 13.4. The lowest BCUT2D eigenvalue weighted by Crippen LogP contribution is -2.36. The number of halogens is 4. The summed E-state index contributed by atoms with van der Waals surface area (Å²) in [4.78, 5) is 15.0. The lowest BCUT2D eigenvalue weighted by Gasteiger charge is -2.30. The average molecular weight is 438 g/mol. The van der Waals surface area contributed by atoms with E-state index in [0.717, 1.165) is 17.3 Å². The van der Waals surface area contributed by atoms with Crippen LogP contribution in [-0.2, 0) is 17.3 Å². The molecule has 30 heavy (non-hydrogen) atoms. The highest BCUT2D eigenvalue weighted by Crippen LogP contribution is 2.39. The molecule has 4 rings (SSSR count). The van der Waals surface area contributed by atoms with Crippen molar-refractivity contribution >= 4 is 29.1 Å². The van der Waals surface area contributed by atoms with Crippen LogP contribution in [0.15, 0.2) is 35.9 Å². The minimum absolute atomic E-state index is 0.00889. The summed E-state index contributed by atoms with van der Waals surface area (Å²) in [5, 5.41) is -0.00889. The predicted molar refractivity (Wildman–Crippen MR) is 108 cm³/mol. The molecule has 1 saturated heterocycles. The molecule has 1 aliphatic heterocycles. The van der Waals surface area contributed by atoms with Gasteiger partial charge >= 0.3 is 6.18 Å². The number of ketones is 1. The van der Waals surface area contributed by atoms with E-state index in [2.05, 4.69) is 4.90 Å². The molecule has 0 radical (unpaired) electrons. The number of Topliss-reactive ketones (excluding diaryl/α,β-unsaturated/α-hetero) is 1. The molecule has 0 bridgehead atoms. The number of allylic oxidation sites excluding steroid dienone is 1. The molecule has 0 aromatic heterocycles. The smallest absolute Gasteiger partial charge is 0.417 e. The standard InChI is InChI=1S/C22H19ClF3NO3/c1-29-20-12-17-14(10-19(20)27-4-6-30-7-5-27)9-15(21(17)28)8-13-2-3-16(23)11-18(13)22(24,25)26/h2-3,8,10-12H,4-7,9H2,1H3/b15-8+. The Labute approximate surface area is 176 Å². The van der Waals surface area contributed by atoms with Crippen LogP contribution < -0.4 is 9.64 Å². The molecule has 2 aromatic rings. The summed E-state index contributed by atoms with van der Waals surface area (Å²) >= 11 is 5.75. The fourth-order valence-corrected chi connectivity index (χ4v) is 4.02. The minimum atomic E-state index is -4.57. The van der Waals surface area contributed by atoms with Gasteiger partial charge in [-0.3, -0.25) is 4.79 Å². The Hall–Kier alpha value is -2.51. The van der Waals surface area contributed by atoms with E-state index in [1.54, 1.807) is 6.07 Å². The van der Waals surface area contributed by atoms with Gasteiger partial charge < -0.3 is 14.4 Å². The first kappa shape index (κ1) is 20.8. The fraction of sp³-hybridized carbons (Fsp3) is 0.318. The van der Waals surface area contributed by atoms with Gasteiger partial charge in [-0.25, -0.2) is 0 Å². The molecule has 2 aromatic carbocycles. The zero-order chi connectivity index (χ0) is 21.5. The van der Waals surface area contributed by atoms with Crippen LogP contribution in [0.3, 0.4) is 0 Å². The number of morpholine rings is 1. The molecule has 0 atom stereocenters. The number of rotatable bonds is 3. The molecular weight excluding hydrogens is 419 g/mol. The number of carbonyl (C=O) groups is 1. The average Bonchev–Trinajstić information content (AvgIpc) is 3.03. The molecule has 0 amide bonds. The molecule has 1 fully saturated rings. The summed E-state index contributed by atoms with van der Waals surface area (Å²) in [6.07, 6.45) is -3.00. The number of ether oxygens (including phenoxy) is 2. The van der Waals surface area contributed by atoms with Gasteiger partial charge in [-0.2, -0.15) is 13.2 Å². The van der Waals surface area contributed by atoms with Crippen molar-refractivity contribution in [3.63, 3.8) is 0 Å². The highest BCUT2D eigenvalue weighted by Gasteiger charge is 2.34. The van der Waals surface area contributed by atoms with E-state index < -0.39 is 11.7 Å². The minimum Gasteiger partial charge on any atom is -0.495 e. The first-order valence-electron chi connectivity index (χ1n) is 9.43. The van der Waals surface area contributed by atoms with Crippen molar-refractivity contribution in [2.75, 3.05) is 38.3 Å². The number of hydrogen-bond acceptors (Lipinski definition) is 4. The second-order valence-electron chi connectivity index (χ2n) is 7.19. The van der Waals surface area contributed by atoms with Crippen molar-refractivity contribution in [2.24, 2.45) is 0 Å². The van der Waals surface area contributed by atoms with Crippen molar-refractivity contribution in [1.29, 1.82) is 0 Å². The Morgan fingerprint density at radius 1 is 1.17 bits per heavy atom. The lowest BCUT2D eigenvalue weighted by molar-refractivity contribution is -0.137. The first-order valence-corrected chi connectivity index (χ1v) is 9.81.